The van der Waals surface area contributed by atoms with Gasteiger partial charge in [0.05, 0.1) is 12.9 Å². The van der Waals surface area contributed by atoms with Crippen molar-refractivity contribution in [3.05, 3.63) is 18.7 Å². The summed E-state index contributed by atoms with van der Waals surface area (Å²) >= 11 is 0. The topological polar surface area (TPSA) is 84.6 Å². The second kappa shape index (κ2) is 18.7. The van der Waals surface area contributed by atoms with Gasteiger partial charge < -0.3 is 14.4 Å². The van der Waals surface area contributed by atoms with Crippen molar-refractivity contribution in [1.29, 1.82) is 0 Å². The first-order chi connectivity index (χ1) is 13.0. The number of aromatic nitrogens is 2. The molecular weight excluding hydrogens is 363 g/mol. The van der Waals surface area contributed by atoms with Gasteiger partial charge in [-0.2, -0.15) is 0 Å². The molecule has 0 bridgehead atoms. The zero-order chi connectivity index (χ0) is 20.2. The standard InChI is InChI=1S/C16H35O4P.C4H6N2/c1-2-3-4-5-6-7-8-9-10-11-12-13-14-15-16-20-21(17,18)19;1-6-3-2-5-4-6/h2-16H2,1H3,(H2,17,18,19);2-4H,1H3. The second-order valence-electron chi connectivity index (χ2n) is 7.15. The molecule has 0 aromatic carbocycles. The average molecular weight is 405 g/mol. The second-order valence-corrected chi connectivity index (χ2v) is 8.39. The Kier molecular flexibility index (Phi) is 18.2. The number of aryl methyl sites for hydroxylation is 1. The molecule has 0 fully saturated rings. The van der Waals surface area contributed by atoms with Crippen LogP contribution in [0.25, 0.3) is 0 Å². The van der Waals surface area contributed by atoms with Crippen LogP contribution in [-0.4, -0.2) is 25.9 Å². The molecule has 0 saturated heterocycles. The lowest BCUT2D eigenvalue weighted by atomic mass is 10.0. The molecule has 6 nitrogen and oxygen atoms in total. The van der Waals surface area contributed by atoms with Crippen molar-refractivity contribution in [2.24, 2.45) is 7.05 Å². The van der Waals surface area contributed by atoms with E-state index in [2.05, 4.69) is 16.4 Å². The molecule has 27 heavy (non-hydrogen) atoms. The first kappa shape index (κ1) is 26.3. The molecule has 1 aromatic rings. The molecule has 160 valence electrons. The fourth-order valence-corrected chi connectivity index (χ4v) is 3.17. The summed E-state index contributed by atoms with van der Waals surface area (Å²) in [6.07, 6.45) is 23.2. The van der Waals surface area contributed by atoms with Gasteiger partial charge in [-0.15, -0.1) is 0 Å². The molecule has 0 spiro atoms. The first-order valence-electron chi connectivity index (χ1n) is 10.6. The molecule has 7 heteroatoms. The van der Waals surface area contributed by atoms with E-state index in [1.165, 1.54) is 70.6 Å². The SMILES string of the molecule is CCCCCCCCCCCCCCCCOP(=O)(O)O.Cn1ccnc1. The lowest BCUT2D eigenvalue weighted by Gasteiger charge is -2.05. The third-order valence-electron chi connectivity index (χ3n) is 4.39. The summed E-state index contributed by atoms with van der Waals surface area (Å²) in [4.78, 5) is 20.8. The first-order valence-corrected chi connectivity index (χ1v) is 12.1. The van der Waals surface area contributed by atoms with E-state index in [0.29, 0.717) is 0 Å². The molecule has 0 aliphatic rings. The third kappa shape index (κ3) is 23.3. The monoisotopic (exact) mass is 404 g/mol. The van der Waals surface area contributed by atoms with Gasteiger partial charge in [0.1, 0.15) is 0 Å². The maximum Gasteiger partial charge on any atom is 0.469 e. The Morgan fingerprint density at radius 2 is 1.30 bits per heavy atom. The molecule has 2 N–H and O–H groups in total. The van der Waals surface area contributed by atoms with Crippen molar-refractivity contribution < 1.29 is 18.9 Å². The Morgan fingerprint density at radius 3 is 1.59 bits per heavy atom. The zero-order valence-electron chi connectivity index (χ0n) is 17.4. The van der Waals surface area contributed by atoms with E-state index < -0.39 is 7.82 Å². The van der Waals surface area contributed by atoms with Crippen molar-refractivity contribution in [2.75, 3.05) is 6.61 Å². The highest BCUT2D eigenvalue weighted by Gasteiger charge is 2.12. The number of imidazole rings is 1. The van der Waals surface area contributed by atoms with Crippen LogP contribution >= 0.6 is 7.82 Å². The molecule has 0 saturated carbocycles. The van der Waals surface area contributed by atoms with Crippen molar-refractivity contribution in [3.63, 3.8) is 0 Å². The molecule has 0 radical (unpaired) electrons. The van der Waals surface area contributed by atoms with Gasteiger partial charge >= 0.3 is 7.82 Å². The van der Waals surface area contributed by atoms with Crippen LogP contribution in [0.2, 0.25) is 0 Å². The van der Waals surface area contributed by atoms with E-state index in [9.17, 15) is 4.57 Å². The zero-order valence-corrected chi connectivity index (χ0v) is 18.3. The number of phosphoric ester groups is 1. The van der Waals surface area contributed by atoms with Crippen molar-refractivity contribution >= 4 is 7.82 Å². The minimum absolute atomic E-state index is 0.169. The number of unbranched alkanes of at least 4 members (excludes halogenated alkanes) is 13. The average Bonchev–Trinajstić information content (AvgIpc) is 3.09. The molecule has 0 atom stereocenters. The van der Waals surface area contributed by atoms with E-state index in [1.54, 1.807) is 12.5 Å². The largest absolute Gasteiger partial charge is 0.469 e. The van der Waals surface area contributed by atoms with Gasteiger partial charge in [-0.05, 0) is 6.42 Å². The van der Waals surface area contributed by atoms with E-state index in [1.807, 2.05) is 17.8 Å². The number of phosphoric acid groups is 1. The summed E-state index contributed by atoms with van der Waals surface area (Å²) in [5.41, 5.74) is 0. The van der Waals surface area contributed by atoms with E-state index in [-0.39, 0.29) is 6.61 Å². The normalized spacial score (nSPS) is 11.3. The highest BCUT2D eigenvalue weighted by molar-refractivity contribution is 7.46. The Balaban J connectivity index is 0.000000941. The van der Waals surface area contributed by atoms with Crippen LogP contribution in [0.3, 0.4) is 0 Å². The van der Waals surface area contributed by atoms with Crippen molar-refractivity contribution in [2.45, 2.75) is 96.8 Å². The Hall–Kier alpha value is -0.680. The van der Waals surface area contributed by atoms with Gasteiger partial charge in [-0.3, -0.25) is 4.52 Å². The van der Waals surface area contributed by atoms with E-state index >= 15 is 0 Å². The molecular formula is C20H41N2O4P. The lowest BCUT2D eigenvalue weighted by molar-refractivity contribution is 0.193. The molecule has 0 amide bonds. The van der Waals surface area contributed by atoms with Crippen LogP contribution in [0.15, 0.2) is 18.7 Å². The minimum atomic E-state index is -4.25. The fraction of sp³-hybridized carbons (Fsp3) is 0.850. The van der Waals surface area contributed by atoms with E-state index in [4.69, 9.17) is 9.79 Å². The van der Waals surface area contributed by atoms with Crippen molar-refractivity contribution in [1.82, 2.24) is 9.55 Å². The highest BCUT2D eigenvalue weighted by Crippen LogP contribution is 2.35. The Bertz CT molecular complexity index is 449. The summed E-state index contributed by atoms with van der Waals surface area (Å²) < 4.78 is 16.7. The van der Waals surface area contributed by atoms with E-state index in [0.717, 1.165) is 19.3 Å². The van der Waals surface area contributed by atoms with Gasteiger partial charge in [0.25, 0.3) is 0 Å². The van der Waals surface area contributed by atoms with Gasteiger partial charge in [0.2, 0.25) is 0 Å². The molecule has 0 aliphatic carbocycles. The van der Waals surface area contributed by atoms with Gasteiger partial charge in [-0.25, -0.2) is 9.55 Å². The molecule has 0 unspecified atom stereocenters. The van der Waals surface area contributed by atoms with Crippen molar-refractivity contribution in [3.8, 4) is 0 Å². The molecule has 1 heterocycles. The summed E-state index contributed by atoms with van der Waals surface area (Å²) in [5, 5.41) is 0. The Morgan fingerprint density at radius 1 is 0.852 bits per heavy atom. The van der Waals surface area contributed by atoms with Gasteiger partial charge in [-0.1, -0.05) is 90.4 Å². The van der Waals surface area contributed by atoms with Crippen LogP contribution in [0, 0.1) is 0 Å². The molecule has 1 rings (SSSR count). The predicted octanol–water partition coefficient (Wildman–Crippen LogP) is 6.00. The molecule has 0 aliphatic heterocycles. The minimum Gasteiger partial charge on any atom is -0.341 e. The summed E-state index contributed by atoms with van der Waals surface area (Å²) in [6, 6.07) is 0. The number of nitrogens with zero attached hydrogens (tertiary/aromatic N) is 2. The maximum absolute atomic E-state index is 10.4. The lowest BCUT2D eigenvalue weighted by Crippen LogP contribution is -1.92. The smallest absolute Gasteiger partial charge is 0.341 e. The van der Waals surface area contributed by atoms with Gasteiger partial charge in [0, 0.05) is 19.4 Å². The maximum atomic E-state index is 10.4. The summed E-state index contributed by atoms with van der Waals surface area (Å²) in [5.74, 6) is 0. The van der Waals surface area contributed by atoms with Gasteiger partial charge in [0.15, 0.2) is 0 Å². The summed E-state index contributed by atoms with van der Waals surface area (Å²) in [7, 11) is -2.31. The molecule has 1 aromatic heterocycles. The predicted molar refractivity (Wildman–Crippen MR) is 112 cm³/mol. The number of hydrogen-bond donors (Lipinski definition) is 2. The number of hydrogen-bond acceptors (Lipinski definition) is 3. The fourth-order valence-electron chi connectivity index (χ4n) is 2.81. The summed E-state index contributed by atoms with van der Waals surface area (Å²) in [6.45, 7) is 2.42. The van der Waals surface area contributed by atoms with Crippen LogP contribution < -0.4 is 0 Å². The highest BCUT2D eigenvalue weighted by atomic mass is 31.2. The van der Waals surface area contributed by atoms with Crippen LogP contribution in [0.4, 0.5) is 0 Å². The number of rotatable bonds is 16. The van der Waals surface area contributed by atoms with Crippen LogP contribution in [0.1, 0.15) is 96.8 Å². The third-order valence-corrected chi connectivity index (χ3v) is 4.91. The van der Waals surface area contributed by atoms with Crippen LogP contribution in [-0.2, 0) is 16.1 Å². The van der Waals surface area contributed by atoms with Crippen LogP contribution in [0.5, 0.6) is 0 Å². The quantitative estimate of drug-likeness (QED) is 0.261. The Labute approximate surface area is 166 Å².